The van der Waals surface area contributed by atoms with Gasteiger partial charge in [0.25, 0.3) is 0 Å². The molecule has 0 saturated heterocycles. The fourth-order valence-corrected chi connectivity index (χ4v) is 0. The van der Waals surface area contributed by atoms with E-state index in [0.717, 1.165) is 6.42 Å². The molecule has 0 aliphatic carbocycles. The Bertz CT molecular complexity index is 4.14. The molecule has 0 aromatic carbocycles. The minimum absolute atomic E-state index is 0. The topological polar surface area (TPSA) is 0 Å². The van der Waals surface area contributed by atoms with Crippen molar-refractivity contribution in [1.29, 1.82) is 0 Å². The third-order valence-corrected chi connectivity index (χ3v) is 0. The van der Waals surface area contributed by atoms with Crippen LogP contribution in [-0.4, -0.2) is 0 Å². The molecule has 0 aromatic rings. The minimum atomic E-state index is 0. The molecule has 0 N–H and O–H groups in total. The maximum atomic E-state index is 3.49. The molecular formula is C6H17Y. The molecule has 0 aliphatic heterocycles. The van der Waals surface area contributed by atoms with Crippen LogP contribution in [0.2, 0.25) is 0 Å². The first-order chi connectivity index (χ1) is 1.41. The van der Waals surface area contributed by atoms with Crippen LogP contribution in [0.1, 0.15) is 20.8 Å². The van der Waals surface area contributed by atoms with Gasteiger partial charge in [0.1, 0.15) is 0 Å². The molecule has 0 saturated carbocycles. The molecule has 0 aliphatic rings. The second-order valence-corrected chi connectivity index (χ2v) is 0.500. The fraction of sp³-hybridized carbons (Fsp3) is 0.500. The SMILES string of the molecule is C.[CH2-]CC.[CH3-].[CH3-].[Y+3]. The second-order valence-electron chi connectivity index (χ2n) is 0.500. The summed E-state index contributed by atoms with van der Waals surface area (Å²) in [6.45, 7) is 5.50. The van der Waals surface area contributed by atoms with Gasteiger partial charge < -0.3 is 21.8 Å². The zero-order valence-electron chi connectivity index (χ0n) is 4.99. The van der Waals surface area contributed by atoms with Crippen molar-refractivity contribution in [2.75, 3.05) is 0 Å². The van der Waals surface area contributed by atoms with Crippen LogP contribution in [0.4, 0.5) is 0 Å². The van der Waals surface area contributed by atoms with Crippen LogP contribution in [0.5, 0.6) is 0 Å². The van der Waals surface area contributed by atoms with Crippen LogP contribution in [0.25, 0.3) is 0 Å². The average molecular weight is 178 g/mol. The van der Waals surface area contributed by atoms with Gasteiger partial charge in [-0.3, -0.25) is 0 Å². The van der Waals surface area contributed by atoms with E-state index in [1.54, 1.807) is 0 Å². The monoisotopic (exact) mass is 178 g/mol. The van der Waals surface area contributed by atoms with Gasteiger partial charge in [-0.25, -0.2) is 0 Å². The van der Waals surface area contributed by atoms with Crippen molar-refractivity contribution in [2.45, 2.75) is 20.8 Å². The molecule has 1 heteroatoms. The molecule has 7 heavy (non-hydrogen) atoms. The van der Waals surface area contributed by atoms with E-state index in [9.17, 15) is 0 Å². The number of hydrogen-bond donors (Lipinski definition) is 0. The van der Waals surface area contributed by atoms with Crippen LogP contribution >= 0.6 is 0 Å². The standard InChI is InChI=1S/C3H7.CH4.2CH3.Y/c1-3-2;;;;/h1,3H2,2H3;1H4;2*1H3;/q-1;;2*-1;+3. The summed E-state index contributed by atoms with van der Waals surface area (Å²) in [7, 11) is 0. The van der Waals surface area contributed by atoms with Crippen LogP contribution < -0.4 is 0 Å². The van der Waals surface area contributed by atoms with E-state index >= 15 is 0 Å². The van der Waals surface area contributed by atoms with Crippen molar-refractivity contribution in [3.8, 4) is 0 Å². The summed E-state index contributed by atoms with van der Waals surface area (Å²) in [4.78, 5) is 0. The van der Waals surface area contributed by atoms with E-state index in [-0.39, 0.29) is 55.0 Å². The summed E-state index contributed by atoms with van der Waals surface area (Å²) in [5.74, 6) is 0. The molecule has 44 valence electrons. The Balaban J connectivity index is -0.00000000333. The largest absolute Gasteiger partial charge is 3.00 e. The summed E-state index contributed by atoms with van der Waals surface area (Å²) >= 11 is 0. The van der Waals surface area contributed by atoms with E-state index in [1.165, 1.54) is 0 Å². The molecule has 0 unspecified atom stereocenters. The van der Waals surface area contributed by atoms with Crippen molar-refractivity contribution in [3.63, 3.8) is 0 Å². The second kappa shape index (κ2) is 59.8. The van der Waals surface area contributed by atoms with E-state index in [4.69, 9.17) is 0 Å². The Kier molecular flexibility index (Phi) is 363. The predicted octanol–water partition coefficient (Wildman–Crippen LogP) is 2.76. The zero-order valence-corrected chi connectivity index (χ0v) is 7.83. The first kappa shape index (κ1) is 42.4. The number of rotatable bonds is 0. The quantitative estimate of drug-likeness (QED) is 0.500. The molecule has 0 nitrogen and oxygen atoms in total. The van der Waals surface area contributed by atoms with Crippen molar-refractivity contribution < 1.29 is 32.7 Å². The maximum absolute atomic E-state index is 3.49. The zero-order chi connectivity index (χ0) is 2.71. The smallest absolute Gasteiger partial charge is 0.358 e. The maximum Gasteiger partial charge on any atom is 3.00 e. The molecule has 0 spiro atoms. The van der Waals surface area contributed by atoms with Gasteiger partial charge in [-0.2, -0.15) is 6.42 Å². The summed E-state index contributed by atoms with van der Waals surface area (Å²) in [5.41, 5.74) is 0. The van der Waals surface area contributed by atoms with Gasteiger partial charge in [-0.05, 0) is 0 Å². The van der Waals surface area contributed by atoms with E-state index in [0.29, 0.717) is 0 Å². The summed E-state index contributed by atoms with van der Waals surface area (Å²) in [5, 5.41) is 0. The molecular weight excluding hydrogens is 161 g/mol. The summed E-state index contributed by atoms with van der Waals surface area (Å²) in [6, 6.07) is 0. The van der Waals surface area contributed by atoms with Crippen LogP contribution in [0.3, 0.4) is 0 Å². The predicted molar refractivity (Wildman–Crippen MR) is 35.2 cm³/mol. The first-order valence-corrected chi connectivity index (χ1v) is 1.21. The van der Waals surface area contributed by atoms with Crippen molar-refractivity contribution in [3.05, 3.63) is 21.8 Å². The van der Waals surface area contributed by atoms with Crippen LogP contribution in [0, 0.1) is 21.8 Å². The average Bonchev–Trinajstić information content (AvgIpc) is 0.918. The third-order valence-electron chi connectivity index (χ3n) is 0. The van der Waals surface area contributed by atoms with E-state index in [2.05, 4.69) is 6.92 Å². The van der Waals surface area contributed by atoms with Crippen LogP contribution in [-0.2, 0) is 32.7 Å². The fourth-order valence-electron chi connectivity index (χ4n) is 0. The molecule has 0 heterocycles. The Hall–Kier alpha value is 1.10. The molecule has 0 aromatic heterocycles. The Morgan fingerprint density at radius 2 is 1.29 bits per heavy atom. The molecule has 0 radical (unpaired) electrons. The molecule has 0 atom stereocenters. The molecule has 0 bridgehead atoms. The molecule has 0 fully saturated rings. The Morgan fingerprint density at radius 3 is 1.29 bits per heavy atom. The number of hydrogen-bond acceptors (Lipinski definition) is 0. The van der Waals surface area contributed by atoms with Gasteiger partial charge in [0.05, 0.1) is 0 Å². The minimum Gasteiger partial charge on any atom is -0.358 e. The van der Waals surface area contributed by atoms with Crippen LogP contribution in [0.15, 0.2) is 0 Å². The van der Waals surface area contributed by atoms with Gasteiger partial charge in [0, 0.05) is 0 Å². The molecule has 0 amide bonds. The van der Waals surface area contributed by atoms with Gasteiger partial charge in [-0.1, -0.05) is 14.4 Å². The normalized spacial score (nSPS) is 2.57. The Morgan fingerprint density at radius 1 is 1.29 bits per heavy atom. The van der Waals surface area contributed by atoms with Gasteiger partial charge in [0.15, 0.2) is 0 Å². The van der Waals surface area contributed by atoms with Gasteiger partial charge in [0.2, 0.25) is 0 Å². The van der Waals surface area contributed by atoms with Gasteiger partial charge >= 0.3 is 32.7 Å². The van der Waals surface area contributed by atoms with Crippen molar-refractivity contribution >= 4 is 0 Å². The van der Waals surface area contributed by atoms with E-state index in [1.807, 2.05) is 6.92 Å². The molecule has 0 rings (SSSR count). The van der Waals surface area contributed by atoms with Crippen molar-refractivity contribution in [1.82, 2.24) is 0 Å². The summed E-state index contributed by atoms with van der Waals surface area (Å²) < 4.78 is 0. The first-order valence-electron chi connectivity index (χ1n) is 1.21. The van der Waals surface area contributed by atoms with E-state index < -0.39 is 0 Å². The Labute approximate surface area is 75.0 Å². The summed E-state index contributed by atoms with van der Waals surface area (Å²) in [6.07, 6.45) is 1.00. The van der Waals surface area contributed by atoms with Gasteiger partial charge in [-0.15, -0.1) is 0 Å². The van der Waals surface area contributed by atoms with Crippen molar-refractivity contribution in [2.24, 2.45) is 0 Å². The third kappa shape index (κ3) is 152.